The van der Waals surface area contributed by atoms with E-state index < -0.39 is 0 Å². The molecule has 0 bridgehead atoms. The molecule has 5 nitrogen and oxygen atoms in total. The molecule has 0 spiro atoms. The van der Waals surface area contributed by atoms with Gasteiger partial charge in [-0.3, -0.25) is 4.68 Å². The van der Waals surface area contributed by atoms with Crippen molar-refractivity contribution in [2.45, 2.75) is 32.9 Å². The highest BCUT2D eigenvalue weighted by Gasteiger charge is 2.24. The minimum atomic E-state index is -0.0349. The molecular formula is C14H21N3O2. The van der Waals surface area contributed by atoms with Gasteiger partial charge in [0.15, 0.2) is 5.75 Å². The highest BCUT2D eigenvalue weighted by molar-refractivity contribution is 5.33. The molecule has 2 rings (SSSR count). The molecule has 0 amide bonds. The number of hydrogen-bond donors (Lipinski definition) is 1. The van der Waals surface area contributed by atoms with Gasteiger partial charge in [-0.1, -0.05) is 6.92 Å². The molecule has 2 heterocycles. The lowest BCUT2D eigenvalue weighted by atomic mass is 10.1. The molecule has 0 aliphatic rings. The van der Waals surface area contributed by atoms with Gasteiger partial charge in [-0.05, 0) is 32.0 Å². The van der Waals surface area contributed by atoms with Crippen molar-refractivity contribution in [2.75, 3.05) is 13.7 Å². The predicted octanol–water partition coefficient (Wildman–Crippen LogP) is 2.59. The third-order valence-corrected chi connectivity index (χ3v) is 3.06. The molecule has 0 saturated heterocycles. The van der Waals surface area contributed by atoms with Crippen molar-refractivity contribution in [1.29, 1.82) is 0 Å². The quantitative estimate of drug-likeness (QED) is 0.834. The fourth-order valence-corrected chi connectivity index (χ4v) is 2.15. The van der Waals surface area contributed by atoms with Crippen molar-refractivity contribution in [1.82, 2.24) is 15.1 Å². The van der Waals surface area contributed by atoms with E-state index in [9.17, 15) is 0 Å². The molecule has 1 atom stereocenters. The summed E-state index contributed by atoms with van der Waals surface area (Å²) in [4.78, 5) is 0. The molecule has 5 heteroatoms. The SMILES string of the molecule is CCCNC(c1ccco1)c1c(OC)cnn1CC. The zero-order valence-electron chi connectivity index (χ0n) is 11.7. The van der Waals surface area contributed by atoms with Crippen LogP contribution in [0.5, 0.6) is 5.75 Å². The maximum atomic E-state index is 5.56. The minimum Gasteiger partial charge on any atom is -0.493 e. The average Bonchev–Trinajstić information content (AvgIpc) is 3.08. The van der Waals surface area contributed by atoms with Crippen LogP contribution in [-0.4, -0.2) is 23.4 Å². The van der Waals surface area contributed by atoms with Gasteiger partial charge >= 0.3 is 0 Å². The monoisotopic (exact) mass is 263 g/mol. The Morgan fingerprint density at radius 1 is 1.47 bits per heavy atom. The van der Waals surface area contributed by atoms with Crippen molar-refractivity contribution < 1.29 is 9.15 Å². The molecule has 0 saturated carbocycles. The van der Waals surface area contributed by atoms with E-state index in [1.165, 1.54) is 0 Å². The standard InChI is InChI=1S/C14H21N3O2/c1-4-8-15-13(11-7-6-9-19-11)14-12(18-3)10-16-17(14)5-2/h6-7,9-10,13,15H,4-5,8H2,1-3H3. The average molecular weight is 263 g/mol. The third-order valence-electron chi connectivity index (χ3n) is 3.06. The Labute approximate surface area is 113 Å². The fraction of sp³-hybridized carbons (Fsp3) is 0.500. The highest BCUT2D eigenvalue weighted by atomic mass is 16.5. The van der Waals surface area contributed by atoms with Crippen LogP contribution < -0.4 is 10.1 Å². The van der Waals surface area contributed by atoms with E-state index in [-0.39, 0.29) is 6.04 Å². The number of aromatic nitrogens is 2. The third kappa shape index (κ3) is 2.81. The summed E-state index contributed by atoms with van der Waals surface area (Å²) >= 11 is 0. The number of methoxy groups -OCH3 is 1. The van der Waals surface area contributed by atoms with Crippen molar-refractivity contribution in [3.8, 4) is 5.75 Å². The van der Waals surface area contributed by atoms with E-state index in [1.807, 2.05) is 16.8 Å². The summed E-state index contributed by atoms with van der Waals surface area (Å²) in [6, 6.07) is 3.84. The molecule has 0 fully saturated rings. The topological polar surface area (TPSA) is 52.2 Å². The van der Waals surface area contributed by atoms with E-state index in [0.717, 1.165) is 36.7 Å². The Balaban J connectivity index is 2.39. The molecule has 19 heavy (non-hydrogen) atoms. The first-order chi connectivity index (χ1) is 9.31. The second-order valence-electron chi connectivity index (χ2n) is 4.32. The van der Waals surface area contributed by atoms with Crippen LogP contribution in [0.25, 0.3) is 0 Å². The molecule has 0 aromatic carbocycles. The van der Waals surface area contributed by atoms with Crippen LogP contribution in [-0.2, 0) is 6.54 Å². The fourth-order valence-electron chi connectivity index (χ4n) is 2.15. The smallest absolute Gasteiger partial charge is 0.162 e. The van der Waals surface area contributed by atoms with Crippen LogP contribution in [0, 0.1) is 0 Å². The van der Waals surface area contributed by atoms with Crippen molar-refractivity contribution in [3.63, 3.8) is 0 Å². The van der Waals surface area contributed by atoms with Gasteiger partial charge in [-0.15, -0.1) is 0 Å². The van der Waals surface area contributed by atoms with Crippen LogP contribution in [0.3, 0.4) is 0 Å². The first-order valence-electron chi connectivity index (χ1n) is 6.68. The molecular weight excluding hydrogens is 242 g/mol. The predicted molar refractivity (Wildman–Crippen MR) is 73.3 cm³/mol. The normalized spacial score (nSPS) is 12.6. The largest absolute Gasteiger partial charge is 0.493 e. The lowest BCUT2D eigenvalue weighted by molar-refractivity contribution is 0.382. The molecule has 1 N–H and O–H groups in total. The number of nitrogens with zero attached hydrogens (tertiary/aromatic N) is 2. The molecule has 1 unspecified atom stereocenters. The molecule has 2 aromatic rings. The van der Waals surface area contributed by atoms with E-state index in [0.29, 0.717) is 0 Å². The molecule has 0 radical (unpaired) electrons. The van der Waals surface area contributed by atoms with Crippen molar-refractivity contribution in [2.24, 2.45) is 0 Å². The van der Waals surface area contributed by atoms with Gasteiger partial charge in [0.25, 0.3) is 0 Å². The van der Waals surface area contributed by atoms with Crippen molar-refractivity contribution >= 4 is 0 Å². The van der Waals surface area contributed by atoms with Crippen LogP contribution in [0.15, 0.2) is 29.0 Å². The molecule has 0 aliphatic heterocycles. The van der Waals surface area contributed by atoms with Gasteiger partial charge in [0.05, 0.1) is 19.6 Å². The second kappa shape index (κ2) is 6.43. The first-order valence-corrected chi connectivity index (χ1v) is 6.68. The van der Waals surface area contributed by atoms with Crippen LogP contribution in [0.1, 0.15) is 37.8 Å². The second-order valence-corrected chi connectivity index (χ2v) is 4.32. The van der Waals surface area contributed by atoms with E-state index in [4.69, 9.17) is 9.15 Å². The Morgan fingerprint density at radius 2 is 2.32 bits per heavy atom. The van der Waals surface area contributed by atoms with Gasteiger partial charge in [-0.2, -0.15) is 5.10 Å². The number of nitrogens with one attached hydrogen (secondary N) is 1. The van der Waals surface area contributed by atoms with Gasteiger partial charge in [0, 0.05) is 6.54 Å². The molecule has 104 valence electrons. The van der Waals surface area contributed by atoms with Crippen LogP contribution in [0.2, 0.25) is 0 Å². The van der Waals surface area contributed by atoms with Gasteiger partial charge in [0.1, 0.15) is 17.5 Å². The number of ether oxygens (including phenoxy) is 1. The number of aryl methyl sites for hydroxylation is 1. The van der Waals surface area contributed by atoms with Crippen LogP contribution in [0.4, 0.5) is 0 Å². The number of furan rings is 1. The van der Waals surface area contributed by atoms with Crippen molar-refractivity contribution in [3.05, 3.63) is 36.0 Å². The van der Waals surface area contributed by atoms with Gasteiger partial charge in [-0.25, -0.2) is 0 Å². The van der Waals surface area contributed by atoms with Crippen LogP contribution >= 0.6 is 0 Å². The maximum absolute atomic E-state index is 5.56. The highest BCUT2D eigenvalue weighted by Crippen LogP contribution is 2.30. The number of hydrogen-bond acceptors (Lipinski definition) is 4. The van der Waals surface area contributed by atoms with E-state index in [2.05, 4.69) is 24.3 Å². The summed E-state index contributed by atoms with van der Waals surface area (Å²) in [5.74, 6) is 1.66. The summed E-state index contributed by atoms with van der Waals surface area (Å²) in [5, 5.41) is 7.84. The summed E-state index contributed by atoms with van der Waals surface area (Å²) in [6.45, 7) is 5.91. The molecule has 2 aromatic heterocycles. The van der Waals surface area contributed by atoms with Gasteiger partial charge in [0.2, 0.25) is 0 Å². The first kappa shape index (κ1) is 13.7. The summed E-state index contributed by atoms with van der Waals surface area (Å²) in [5.41, 5.74) is 1.01. The summed E-state index contributed by atoms with van der Waals surface area (Å²) in [7, 11) is 1.67. The zero-order chi connectivity index (χ0) is 13.7. The lowest BCUT2D eigenvalue weighted by Gasteiger charge is -2.18. The Kier molecular flexibility index (Phi) is 4.63. The Bertz CT molecular complexity index is 469. The molecule has 0 aliphatic carbocycles. The Morgan fingerprint density at radius 3 is 2.89 bits per heavy atom. The minimum absolute atomic E-state index is 0.0349. The maximum Gasteiger partial charge on any atom is 0.162 e. The van der Waals surface area contributed by atoms with E-state index in [1.54, 1.807) is 19.6 Å². The zero-order valence-corrected chi connectivity index (χ0v) is 11.7. The van der Waals surface area contributed by atoms with Gasteiger partial charge < -0.3 is 14.5 Å². The summed E-state index contributed by atoms with van der Waals surface area (Å²) in [6.07, 6.45) is 4.50. The van der Waals surface area contributed by atoms with E-state index >= 15 is 0 Å². The lowest BCUT2D eigenvalue weighted by Crippen LogP contribution is -2.25. The number of rotatable bonds is 7. The Hall–Kier alpha value is -1.75. The summed E-state index contributed by atoms with van der Waals surface area (Å²) < 4.78 is 12.9.